The fourth-order valence-corrected chi connectivity index (χ4v) is 2.08. The molecule has 2 rings (SSSR count). The highest BCUT2D eigenvalue weighted by Gasteiger charge is 2.11. The van der Waals surface area contributed by atoms with Gasteiger partial charge in [0.25, 0.3) is 0 Å². The maximum Gasteiger partial charge on any atom is 0.106 e. The average molecular weight is 270 g/mol. The average Bonchev–Trinajstić information content (AvgIpc) is 2.30. The third kappa shape index (κ3) is 3.47. The second-order valence-corrected chi connectivity index (χ2v) is 4.78. The summed E-state index contributed by atoms with van der Waals surface area (Å²) in [5.41, 5.74) is 1.10. The molecule has 82 valence electrons. The molecule has 15 heavy (non-hydrogen) atoms. The smallest absolute Gasteiger partial charge is 0.106 e. The van der Waals surface area contributed by atoms with E-state index in [0.29, 0.717) is 0 Å². The number of halogens is 1. The van der Waals surface area contributed by atoms with Crippen LogP contribution in [-0.2, 0) is 0 Å². The predicted octanol–water partition coefficient (Wildman–Crippen LogP) is 2.26. The van der Waals surface area contributed by atoms with Crippen LogP contribution < -0.4 is 10.6 Å². The Kier molecular flexibility index (Phi) is 3.97. The Morgan fingerprint density at radius 3 is 3.13 bits per heavy atom. The van der Waals surface area contributed by atoms with Crippen LogP contribution >= 0.6 is 15.9 Å². The molecular weight excluding hydrogens is 254 g/mol. The summed E-state index contributed by atoms with van der Waals surface area (Å²) in [6, 6.07) is 4.01. The van der Waals surface area contributed by atoms with Crippen LogP contribution in [0, 0.1) is 5.92 Å². The van der Waals surface area contributed by atoms with E-state index < -0.39 is 0 Å². The van der Waals surface area contributed by atoms with E-state index in [-0.39, 0.29) is 0 Å². The van der Waals surface area contributed by atoms with Gasteiger partial charge in [-0.1, -0.05) is 0 Å². The Bertz CT molecular complexity index is 293. The molecule has 0 bridgehead atoms. The Morgan fingerprint density at radius 2 is 2.47 bits per heavy atom. The van der Waals surface area contributed by atoms with Crippen LogP contribution in [0.15, 0.2) is 22.9 Å². The lowest BCUT2D eigenvalue weighted by Crippen LogP contribution is -2.33. The fourth-order valence-electron chi connectivity index (χ4n) is 1.84. The molecule has 0 aromatic carbocycles. The summed E-state index contributed by atoms with van der Waals surface area (Å²) in [7, 11) is 0. The van der Waals surface area contributed by atoms with Crippen LogP contribution in [0.1, 0.15) is 12.8 Å². The van der Waals surface area contributed by atoms with E-state index in [9.17, 15) is 0 Å². The van der Waals surface area contributed by atoms with Crippen LogP contribution in [0.2, 0.25) is 0 Å². The number of piperidine rings is 1. The van der Waals surface area contributed by atoms with Crippen molar-refractivity contribution in [2.45, 2.75) is 12.8 Å². The predicted molar refractivity (Wildman–Crippen MR) is 66.0 cm³/mol. The highest BCUT2D eigenvalue weighted by molar-refractivity contribution is 9.10. The molecule has 1 aromatic heterocycles. The van der Waals surface area contributed by atoms with Crippen LogP contribution in [0.25, 0.3) is 0 Å². The number of pyridine rings is 1. The second-order valence-electron chi connectivity index (χ2n) is 3.96. The minimum atomic E-state index is 0.752. The first-order valence-corrected chi connectivity index (χ1v) is 6.20. The van der Waals surface area contributed by atoms with Gasteiger partial charge in [0.05, 0.1) is 11.9 Å². The minimum absolute atomic E-state index is 0.752. The molecule has 1 aliphatic rings. The van der Waals surface area contributed by atoms with Gasteiger partial charge in [-0.2, -0.15) is 0 Å². The summed E-state index contributed by atoms with van der Waals surface area (Å²) in [4.78, 5) is 4.18. The van der Waals surface area contributed by atoms with Crippen molar-refractivity contribution in [3.63, 3.8) is 0 Å². The number of nitrogens with one attached hydrogen (secondary N) is 2. The topological polar surface area (TPSA) is 37.0 Å². The van der Waals surface area contributed by atoms with Crippen molar-refractivity contribution in [1.82, 2.24) is 10.3 Å². The Labute approximate surface area is 98.8 Å². The maximum atomic E-state index is 4.18. The number of rotatable bonds is 3. The zero-order valence-corrected chi connectivity index (χ0v) is 10.3. The molecule has 1 unspecified atom stereocenters. The number of aromatic nitrogens is 1. The number of nitrogens with zero attached hydrogens (tertiary/aromatic N) is 1. The first-order chi connectivity index (χ1) is 7.34. The zero-order valence-electron chi connectivity index (χ0n) is 8.67. The molecule has 0 amide bonds. The largest absolute Gasteiger partial charge is 0.383 e. The summed E-state index contributed by atoms with van der Waals surface area (Å²) in [5, 5.41) is 6.84. The molecule has 4 heteroatoms. The lowest BCUT2D eigenvalue weighted by atomic mass is 10.00. The van der Waals surface area contributed by atoms with Crippen LogP contribution in [-0.4, -0.2) is 24.6 Å². The first-order valence-electron chi connectivity index (χ1n) is 5.41. The Balaban J connectivity index is 1.79. The molecular formula is C11H16BrN3. The van der Waals surface area contributed by atoms with Gasteiger partial charge in [-0.15, -0.1) is 0 Å². The second kappa shape index (κ2) is 5.47. The van der Waals surface area contributed by atoms with Crippen molar-refractivity contribution in [2.75, 3.05) is 25.0 Å². The summed E-state index contributed by atoms with van der Waals surface area (Å²) in [6.07, 6.45) is 4.48. The van der Waals surface area contributed by atoms with Crippen molar-refractivity contribution in [1.29, 1.82) is 0 Å². The molecule has 2 N–H and O–H groups in total. The van der Waals surface area contributed by atoms with Crippen molar-refractivity contribution < 1.29 is 0 Å². The van der Waals surface area contributed by atoms with Crippen LogP contribution in [0.4, 0.5) is 5.69 Å². The molecule has 1 aromatic rings. The standard InChI is InChI=1S/C11H16BrN3/c12-11-4-3-10(8-15-11)14-7-9-2-1-5-13-6-9/h3-4,8-9,13-14H,1-2,5-7H2. The molecule has 0 aliphatic carbocycles. The summed E-state index contributed by atoms with van der Waals surface area (Å²) in [6.45, 7) is 3.35. The van der Waals surface area contributed by atoms with Crippen molar-refractivity contribution in [3.05, 3.63) is 22.9 Å². The van der Waals surface area contributed by atoms with E-state index >= 15 is 0 Å². The third-order valence-corrected chi connectivity index (χ3v) is 3.19. The van der Waals surface area contributed by atoms with E-state index in [0.717, 1.165) is 29.3 Å². The summed E-state index contributed by atoms with van der Waals surface area (Å²) in [5.74, 6) is 0.752. The van der Waals surface area contributed by atoms with Gasteiger partial charge in [-0.25, -0.2) is 4.98 Å². The van der Waals surface area contributed by atoms with Gasteiger partial charge >= 0.3 is 0 Å². The third-order valence-electron chi connectivity index (χ3n) is 2.72. The lowest BCUT2D eigenvalue weighted by Gasteiger charge is -2.23. The molecule has 1 atom stereocenters. The molecule has 1 fully saturated rings. The Morgan fingerprint density at radius 1 is 1.53 bits per heavy atom. The van der Waals surface area contributed by atoms with Gasteiger partial charge < -0.3 is 10.6 Å². The molecule has 0 saturated carbocycles. The van der Waals surface area contributed by atoms with E-state index in [1.807, 2.05) is 18.3 Å². The molecule has 2 heterocycles. The normalized spacial score (nSPS) is 21.3. The molecule has 1 aliphatic heterocycles. The van der Waals surface area contributed by atoms with Gasteiger partial charge in [0, 0.05) is 6.54 Å². The van der Waals surface area contributed by atoms with Crippen molar-refractivity contribution in [3.8, 4) is 0 Å². The first kappa shape index (κ1) is 10.9. The SMILES string of the molecule is Brc1ccc(NCC2CCCNC2)cn1. The van der Waals surface area contributed by atoms with Gasteiger partial charge in [-0.05, 0) is 59.9 Å². The highest BCUT2D eigenvalue weighted by Crippen LogP contribution is 2.13. The van der Waals surface area contributed by atoms with Crippen LogP contribution in [0.5, 0.6) is 0 Å². The molecule has 1 saturated heterocycles. The molecule has 0 radical (unpaired) electrons. The lowest BCUT2D eigenvalue weighted by molar-refractivity contribution is 0.393. The van der Waals surface area contributed by atoms with E-state index in [1.54, 1.807) is 0 Å². The minimum Gasteiger partial charge on any atom is -0.383 e. The van der Waals surface area contributed by atoms with Crippen molar-refractivity contribution in [2.24, 2.45) is 5.92 Å². The monoisotopic (exact) mass is 269 g/mol. The zero-order chi connectivity index (χ0) is 10.5. The van der Waals surface area contributed by atoms with Crippen molar-refractivity contribution >= 4 is 21.6 Å². The maximum absolute atomic E-state index is 4.18. The Hall–Kier alpha value is -0.610. The van der Waals surface area contributed by atoms with Gasteiger partial charge in [0.2, 0.25) is 0 Å². The summed E-state index contributed by atoms with van der Waals surface area (Å²) >= 11 is 3.32. The molecule has 3 nitrogen and oxygen atoms in total. The number of hydrogen-bond acceptors (Lipinski definition) is 3. The van der Waals surface area contributed by atoms with Gasteiger partial charge in [0.1, 0.15) is 4.60 Å². The highest BCUT2D eigenvalue weighted by atomic mass is 79.9. The van der Waals surface area contributed by atoms with E-state index in [4.69, 9.17) is 0 Å². The molecule has 0 spiro atoms. The van der Waals surface area contributed by atoms with Gasteiger partial charge in [-0.3, -0.25) is 0 Å². The number of anilines is 1. The fraction of sp³-hybridized carbons (Fsp3) is 0.545. The van der Waals surface area contributed by atoms with Crippen LogP contribution in [0.3, 0.4) is 0 Å². The van der Waals surface area contributed by atoms with E-state index in [1.165, 1.54) is 19.4 Å². The van der Waals surface area contributed by atoms with Gasteiger partial charge in [0.15, 0.2) is 0 Å². The number of hydrogen-bond donors (Lipinski definition) is 2. The quantitative estimate of drug-likeness (QED) is 0.827. The summed E-state index contributed by atoms with van der Waals surface area (Å²) < 4.78 is 0.882. The van der Waals surface area contributed by atoms with E-state index in [2.05, 4.69) is 31.5 Å².